The molecule has 0 amide bonds. The van der Waals surface area contributed by atoms with Crippen molar-refractivity contribution >= 4 is 17.1 Å². The molecular weight excluding hydrogens is 266 g/mol. The Labute approximate surface area is 122 Å². The first-order valence-electron chi connectivity index (χ1n) is 6.93. The van der Waals surface area contributed by atoms with Crippen LogP contribution in [-0.4, -0.2) is 19.5 Å². The molecule has 0 aliphatic heterocycles. The van der Waals surface area contributed by atoms with E-state index in [4.69, 9.17) is 10.5 Å². The lowest BCUT2D eigenvalue weighted by Gasteiger charge is -2.09. The van der Waals surface area contributed by atoms with E-state index in [2.05, 4.69) is 21.9 Å². The van der Waals surface area contributed by atoms with Crippen molar-refractivity contribution < 1.29 is 4.74 Å². The largest absolute Gasteiger partial charge is 0.471 e. The number of hydrogen-bond donors (Lipinski definition) is 1. The lowest BCUT2D eigenvalue weighted by molar-refractivity contribution is 0.296. The summed E-state index contributed by atoms with van der Waals surface area (Å²) in [5, 5.41) is 0. The number of anilines is 1. The highest BCUT2D eigenvalue weighted by Gasteiger charge is 2.13. The molecule has 0 saturated carbocycles. The topological polar surface area (TPSA) is 78.9 Å². The molecular formula is C15H17N5O. The summed E-state index contributed by atoms with van der Waals surface area (Å²) in [6, 6.07) is 9.94. The normalized spacial score (nSPS) is 10.9. The van der Waals surface area contributed by atoms with Gasteiger partial charge in [-0.3, -0.25) is 0 Å². The fraction of sp³-hybridized carbons (Fsp3) is 0.267. The van der Waals surface area contributed by atoms with Crippen molar-refractivity contribution in [1.29, 1.82) is 0 Å². The third-order valence-electron chi connectivity index (χ3n) is 3.14. The molecule has 2 aromatic heterocycles. The van der Waals surface area contributed by atoms with E-state index in [0.717, 1.165) is 24.0 Å². The van der Waals surface area contributed by atoms with Crippen molar-refractivity contribution in [2.75, 3.05) is 5.73 Å². The van der Waals surface area contributed by atoms with Crippen LogP contribution < -0.4 is 10.5 Å². The molecule has 0 unspecified atom stereocenters. The minimum Gasteiger partial charge on any atom is -0.471 e. The van der Waals surface area contributed by atoms with Crippen molar-refractivity contribution in [2.45, 2.75) is 26.5 Å². The molecule has 0 aliphatic rings. The van der Waals surface area contributed by atoms with Gasteiger partial charge in [-0.25, -0.2) is 4.98 Å². The van der Waals surface area contributed by atoms with Gasteiger partial charge < -0.3 is 15.0 Å². The second-order valence-corrected chi connectivity index (χ2v) is 4.77. The van der Waals surface area contributed by atoms with Gasteiger partial charge in [-0.1, -0.05) is 37.3 Å². The molecule has 0 fully saturated rings. The Bertz CT molecular complexity index is 738. The van der Waals surface area contributed by atoms with Gasteiger partial charge >= 0.3 is 0 Å². The Morgan fingerprint density at radius 3 is 2.76 bits per heavy atom. The molecule has 6 heteroatoms. The quantitative estimate of drug-likeness (QED) is 0.777. The molecule has 6 nitrogen and oxygen atoms in total. The van der Waals surface area contributed by atoms with Crippen LogP contribution in [0.3, 0.4) is 0 Å². The lowest BCUT2D eigenvalue weighted by atomic mass is 10.2. The second kappa shape index (κ2) is 5.78. The number of benzene rings is 1. The van der Waals surface area contributed by atoms with Gasteiger partial charge in [0.2, 0.25) is 11.8 Å². The highest BCUT2D eigenvalue weighted by molar-refractivity contribution is 5.77. The Morgan fingerprint density at radius 2 is 2.00 bits per heavy atom. The zero-order valence-corrected chi connectivity index (χ0v) is 11.9. The van der Waals surface area contributed by atoms with Gasteiger partial charge in [0.05, 0.1) is 6.33 Å². The SMILES string of the molecule is CCCn1cnc2nc(N)nc(OCc3ccccc3)c21. The van der Waals surface area contributed by atoms with Crippen LogP contribution in [-0.2, 0) is 13.2 Å². The van der Waals surface area contributed by atoms with Gasteiger partial charge in [0.25, 0.3) is 0 Å². The number of nitrogens with two attached hydrogens (primary N) is 1. The minimum atomic E-state index is 0.173. The molecule has 3 rings (SSSR count). The van der Waals surface area contributed by atoms with Crippen LogP contribution in [0.2, 0.25) is 0 Å². The van der Waals surface area contributed by atoms with Gasteiger partial charge in [-0.05, 0) is 12.0 Å². The van der Waals surface area contributed by atoms with Crippen molar-refractivity contribution in [3.8, 4) is 5.88 Å². The van der Waals surface area contributed by atoms with E-state index in [0.29, 0.717) is 18.1 Å². The molecule has 0 radical (unpaired) electrons. The van der Waals surface area contributed by atoms with Crippen LogP contribution in [0.25, 0.3) is 11.2 Å². The number of aryl methyl sites for hydroxylation is 1. The molecule has 0 bridgehead atoms. The Hall–Kier alpha value is -2.63. The van der Waals surface area contributed by atoms with E-state index < -0.39 is 0 Å². The first kappa shape index (κ1) is 13.4. The van der Waals surface area contributed by atoms with Crippen LogP contribution in [0.1, 0.15) is 18.9 Å². The van der Waals surface area contributed by atoms with Crippen molar-refractivity contribution in [3.05, 3.63) is 42.2 Å². The van der Waals surface area contributed by atoms with Crippen molar-refractivity contribution in [3.63, 3.8) is 0 Å². The number of nitrogen functional groups attached to an aromatic ring is 1. The monoisotopic (exact) mass is 283 g/mol. The number of hydrogen-bond acceptors (Lipinski definition) is 5. The van der Waals surface area contributed by atoms with Gasteiger partial charge in [-0.15, -0.1) is 0 Å². The zero-order chi connectivity index (χ0) is 14.7. The number of ether oxygens (including phenoxy) is 1. The second-order valence-electron chi connectivity index (χ2n) is 4.77. The maximum Gasteiger partial charge on any atom is 0.245 e. The standard InChI is InChI=1S/C15H17N5O/c1-2-8-20-10-17-13-12(20)14(19-15(16)18-13)21-9-11-6-4-3-5-7-11/h3-7,10H,2,8-9H2,1H3,(H2,16,18,19). The van der Waals surface area contributed by atoms with Gasteiger partial charge in [0.15, 0.2) is 11.2 Å². The molecule has 108 valence electrons. The van der Waals surface area contributed by atoms with Crippen LogP contribution in [0.15, 0.2) is 36.7 Å². The molecule has 21 heavy (non-hydrogen) atoms. The highest BCUT2D eigenvalue weighted by Crippen LogP contribution is 2.23. The summed E-state index contributed by atoms with van der Waals surface area (Å²) < 4.78 is 7.83. The molecule has 2 heterocycles. The maximum atomic E-state index is 5.84. The number of fused-ring (bicyclic) bond motifs is 1. The summed E-state index contributed by atoms with van der Waals surface area (Å²) >= 11 is 0. The predicted octanol–water partition coefficient (Wildman–Crippen LogP) is 2.40. The van der Waals surface area contributed by atoms with E-state index in [1.54, 1.807) is 6.33 Å². The third-order valence-corrected chi connectivity index (χ3v) is 3.14. The first-order chi connectivity index (χ1) is 10.3. The molecule has 0 aliphatic carbocycles. The van der Waals surface area contributed by atoms with Crippen molar-refractivity contribution in [1.82, 2.24) is 19.5 Å². The van der Waals surface area contributed by atoms with Gasteiger partial charge in [-0.2, -0.15) is 9.97 Å². The van der Waals surface area contributed by atoms with E-state index >= 15 is 0 Å². The van der Waals surface area contributed by atoms with Crippen LogP contribution >= 0.6 is 0 Å². The van der Waals surface area contributed by atoms with Crippen molar-refractivity contribution in [2.24, 2.45) is 0 Å². The summed E-state index contributed by atoms with van der Waals surface area (Å²) in [5.41, 5.74) is 8.16. The Morgan fingerprint density at radius 1 is 1.19 bits per heavy atom. The smallest absolute Gasteiger partial charge is 0.245 e. The van der Waals surface area contributed by atoms with E-state index in [1.807, 2.05) is 34.9 Å². The fourth-order valence-corrected chi connectivity index (χ4v) is 2.20. The molecule has 0 spiro atoms. The van der Waals surface area contributed by atoms with E-state index in [1.165, 1.54) is 0 Å². The van der Waals surface area contributed by atoms with E-state index in [9.17, 15) is 0 Å². The summed E-state index contributed by atoms with van der Waals surface area (Å²) in [4.78, 5) is 12.6. The summed E-state index contributed by atoms with van der Waals surface area (Å²) in [6.07, 6.45) is 2.74. The van der Waals surface area contributed by atoms with Crippen LogP contribution in [0.4, 0.5) is 5.95 Å². The van der Waals surface area contributed by atoms with Crippen LogP contribution in [0.5, 0.6) is 5.88 Å². The number of nitrogens with zero attached hydrogens (tertiary/aromatic N) is 4. The molecule has 2 N–H and O–H groups in total. The Balaban J connectivity index is 1.94. The molecule has 1 aromatic carbocycles. The summed E-state index contributed by atoms with van der Waals surface area (Å²) in [5.74, 6) is 0.652. The number of imidazole rings is 1. The number of aromatic nitrogens is 4. The van der Waals surface area contributed by atoms with E-state index in [-0.39, 0.29) is 5.95 Å². The predicted molar refractivity (Wildman–Crippen MR) is 80.8 cm³/mol. The maximum absolute atomic E-state index is 5.84. The number of rotatable bonds is 5. The lowest BCUT2D eigenvalue weighted by Crippen LogP contribution is -2.05. The average molecular weight is 283 g/mol. The third kappa shape index (κ3) is 2.79. The molecule has 3 aromatic rings. The molecule has 0 atom stereocenters. The average Bonchev–Trinajstić information content (AvgIpc) is 2.89. The van der Waals surface area contributed by atoms with Crippen LogP contribution in [0, 0.1) is 0 Å². The fourth-order valence-electron chi connectivity index (χ4n) is 2.20. The molecule has 0 saturated heterocycles. The first-order valence-corrected chi connectivity index (χ1v) is 6.93. The minimum absolute atomic E-state index is 0.173. The zero-order valence-electron chi connectivity index (χ0n) is 11.9. The van der Waals surface area contributed by atoms with Gasteiger partial charge in [0.1, 0.15) is 6.61 Å². The van der Waals surface area contributed by atoms with Gasteiger partial charge in [0, 0.05) is 6.54 Å². The Kier molecular flexibility index (Phi) is 3.68. The highest BCUT2D eigenvalue weighted by atomic mass is 16.5. The summed E-state index contributed by atoms with van der Waals surface area (Å²) in [6.45, 7) is 3.38. The summed E-state index contributed by atoms with van der Waals surface area (Å²) in [7, 11) is 0.